The Morgan fingerprint density at radius 3 is 2.62 bits per heavy atom. The molecule has 0 aliphatic rings. The van der Waals surface area contributed by atoms with Gasteiger partial charge in [0.25, 0.3) is 5.91 Å². The molecule has 1 aromatic rings. The third-order valence-electron chi connectivity index (χ3n) is 3.55. The molecular formula is C20H27N3O3. The van der Waals surface area contributed by atoms with E-state index in [9.17, 15) is 9.59 Å². The molecule has 0 N–H and O–H groups in total. The second-order valence-corrected chi connectivity index (χ2v) is 5.71. The molecule has 1 aromatic heterocycles. The van der Waals surface area contributed by atoms with E-state index in [0.717, 1.165) is 12.1 Å². The van der Waals surface area contributed by atoms with E-state index in [1.165, 1.54) is 4.90 Å². The van der Waals surface area contributed by atoms with Crippen LogP contribution in [-0.4, -0.2) is 35.7 Å². The van der Waals surface area contributed by atoms with Crippen LogP contribution in [0.2, 0.25) is 0 Å². The van der Waals surface area contributed by atoms with Crippen molar-refractivity contribution in [1.29, 1.82) is 0 Å². The van der Waals surface area contributed by atoms with Gasteiger partial charge in [-0.05, 0) is 45.4 Å². The van der Waals surface area contributed by atoms with Crippen molar-refractivity contribution in [2.24, 2.45) is 4.99 Å². The van der Waals surface area contributed by atoms with E-state index in [0.29, 0.717) is 18.1 Å². The van der Waals surface area contributed by atoms with Crippen molar-refractivity contribution in [3.8, 4) is 0 Å². The zero-order valence-corrected chi connectivity index (χ0v) is 16.0. The summed E-state index contributed by atoms with van der Waals surface area (Å²) in [7, 11) is 0. The molecule has 0 spiro atoms. The number of amides is 1. The van der Waals surface area contributed by atoms with Gasteiger partial charge in [0.1, 0.15) is 5.82 Å². The van der Waals surface area contributed by atoms with Crippen molar-refractivity contribution in [1.82, 2.24) is 4.98 Å². The van der Waals surface area contributed by atoms with Gasteiger partial charge in [-0.3, -0.25) is 19.5 Å². The Morgan fingerprint density at radius 2 is 2.04 bits per heavy atom. The van der Waals surface area contributed by atoms with Crippen LogP contribution in [0.3, 0.4) is 0 Å². The molecule has 0 radical (unpaired) electrons. The highest BCUT2D eigenvalue weighted by Gasteiger charge is 2.20. The Hall–Kier alpha value is -2.76. The summed E-state index contributed by atoms with van der Waals surface area (Å²) in [6.45, 7) is 11.8. The summed E-state index contributed by atoms with van der Waals surface area (Å²) in [4.78, 5) is 34.6. The number of hydrogen-bond acceptors (Lipinski definition) is 5. The van der Waals surface area contributed by atoms with E-state index in [1.54, 1.807) is 37.4 Å². The number of carbonyl (C=O) groups is 2. The molecule has 0 bridgehead atoms. The van der Waals surface area contributed by atoms with Crippen LogP contribution in [0.5, 0.6) is 0 Å². The molecule has 1 heterocycles. The van der Waals surface area contributed by atoms with Crippen LogP contribution in [0.15, 0.2) is 53.3 Å². The van der Waals surface area contributed by atoms with Crippen molar-refractivity contribution in [3.05, 3.63) is 48.3 Å². The van der Waals surface area contributed by atoms with Gasteiger partial charge in [-0.25, -0.2) is 4.98 Å². The minimum Gasteiger partial charge on any atom is -0.466 e. The maximum atomic E-state index is 12.8. The number of pyridine rings is 1. The summed E-state index contributed by atoms with van der Waals surface area (Å²) in [5.74, 6) is -0.222. The lowest BCUT2D eigenvalue weighted by molar-refractivity contribution is -0.142. The SMILES string of the molecule is C=C(/C=C(\C)N=C(C)CC)C(=O)N(CCC(=O)OCC)c1ccccn1. The Kier molecular flexibility index (Phi) is 8.98. The lowest BCUT2D eigenvalue weighted by Crippen LogP contribution is -2.34. The van der Waals surface area contributed by atoms with Crippen LogP contribution < -0.4 is 4.90 Å². The van der Waals surface area contributed by atoms with Gasteiger partial charge in [0.2, 0.25) is 0 Å². The Labute approximate surface area is 155 Å². The van der Waals surface area contributed by atoms with Gasteiger partial charge in [-0.1, -0.05) is 19.6 Å². The molecule has 140 valence electrons. The zero-order valence-electron chi connectivity index (χ0n) is 16.0. The fourth-order valence-corrected chi connectivity index (χ4v) is 2.17. The van der Waals surface area contributed by atoms with Gasteiger partial charge in [0.05, 0.1) is 13.0 Å². The van der Waals surface area contributed by atoms with Gasteiger partial charge >= 0.3 is 5.97 Å². The lowest BCUT2D eigenvalue weighted by Gasteiger charge is -2.21. The number of hydrogen-bond donors (Lipinski definition) is 0. The Morgan fingerprint density at radius 1 is 1.31 bits per heavy atom. The van der Waals surface area contributed by atoms with Crippen LogP contribution in [0, 0.1) is 0 Å². The number of aromatic nitrogens is 1. The van der Waals surface area contributed by atoms with E-state index >= 15 is 0 Å². The second kappa shape index (κ2) is 11.0. The Bertz CT molecular complexity index is 694. The molecule has 0 aliphatic heterocycles. The van der Waals surface area contributed by atoms with Crippen molar-refractivity contribution in [2.75, 3.05) is 18.1 Å². The normalized spacial score (nSPS) is 11.8. The molecule has 0 aliphatic carbocycles. The van der Waals surface area contributed by atoms with Crippen molar-refractivity contribution >= 4 is 23.4 Å². The first-order valence-corrected chi connectivity index (χ1v) is 8.68. The number of nitrogens with zero attached hydrogens (tertiary/aromatic N) is 3. The predicted molar refractivity (Wildman–Crippen MR) is 104 cm³/mol. The summed E-state index contributed by atoms with van der Waals surface area (Å²) in [6, 6.07) is 5.26. The molecule has 0 aromatic carbocycles. The molecule has 0 unspecified atom stereocenters. The van der Waals surface area contributed by atoms with E-state index in [-0.39, 0.29) is 30.4 Å². The number of ether oxygens (including phenoxy) is 1. The molecule has 1 rings (SSSR count). The molecule has 26 heavy (non-hydrogen) atoms. The molecular weight excluding hydrogens is 330 g/mol. The highest BCUT2D eigenvalue weighted by molar-refractivity contribution is 6.06. The fraction of sp³-hybridized carbons (Fsp3) is 0.400. The minimum absolute atomic E-state index is 0.0826. The van der Waals surface area contributed by atoms with E-state index in [1.807, 2.05) is 20.8 Å². The van der Waals surface area contributed by atoms with Crippen LogP contribution in [0.25, 0.3) is 0 Å². The first-order chi connectivity index (χ1) is 12.4. The number of anilines is 1. The number of aliphatic imine (C=N–C) groups is 1. The fourth-order valence-electron chi connectivity index (χ4n) is 2.17. The quantitative estimate of drug-likeness (QED) is 0.292. The van der Waals surface area contributed by atoms with Crippen LogP contribution in [-0.2, 0) is 14.3 Å². The average molecular weight is 357 g/mol. The number of esters is 1. The van der Waals surface area contributed by atoms with Crippen LogP contribution >= 0.6 is 0 Å². The number of carbonyl (C=O) groups excluding carboxylic acids is 2. The van der Waals surface area contributed by atoms with Crippen molar-refractivity contribution in [3.63, 3.8) is 0 Å². The highest BCUT2D eigenvalue weighted by atomic mass is 16.5. The Balaban J connectivity index is 2.98. The highest BCUT2D eigenvalue weighted by Crippen LogP contribution is 2.15. The van der Waals surface area contributed by atoms with Crippen LogP contribution in [0.4, 0.5) is 5.82 Å². The molecule has 1 amide bonds. The summed E-state index contributed by atoms with van der Waals surface area (Å²) in [5, 5.41) is 0. The van der Waals surface area contributed by atoms with Crippen LogP contribution in [0.1, 0.15) is 40.5 Å². The summed E-state index contributed by atoms with van der Waals surface area (Å²) in [6.07, 6.45) is 4.16. The molecule has 6 nitrogen and oxygen atoms in total. The topological polar surface area (TPSA) is 71.9 Å². The van der Waals surface area contributed by atoms with Crippen molar-refractivity contribution in [2.45, 2.75) is 40.5 Å². The lowest BCUT2D eigenvalue weighted by atomic mass is 10.2. The monoisotopic (exact) mass is 357 g/mol. The molecule has 0 saturated heterocycles. The molecule has 0 saturated carbocycles. The van der Waals surface area contributed by atoms with E-state index in [2.05, 4.69) is 16.6 Å². The molecule has 0 fully saturated rings. The maximum Gasteiger partial charge on any atom is 0.307 e. The molecule has 0 atom stereocenters. The zero-order chi connectivity index (χ0) is 19.5. The smallest absolute Gasteiger partial charge is 0.307 e. The largest absolute Gasteiger partial charge is 0.466 e. The van der Waals surface area contributed by atoms with E-state index in [4.69, 9.17) is 4.74 Å². The van der Waals surface area contributed by atoms with Gasteiger partial charge < -0.3 is 4.74 Å². The van der Waals surface area contributed by atoms with Crippen molar-refractivity contribution < 1.29 is 14.3 Å². The summed E-state index contributed by atoms with van der Waals surface area (Å²) in [5.41, 5.74) is 1.96. The first-order valence-electron chi connectivity index (χ1n) is 8.68. The van der Waals surface area contributed by atoms with E-state index < -0.39 is 0 Å². The number of rotatable bonds is 9. The number of allylic oxidation sites excluding steroid dienone is 1. The van der Waals surface area contributed by atoms with Gasteiger partial charge in [-0.2, -0.15) is 0 Å². The van der Waals surface area contributed by atoms with Gasteiger partial charge in [0.15, 0.2) is 0 Å². The first kappa shape index (κ1) is 21.3. The van der Waals surface area contributed by atoms with Gasteiger partial charge in [0, 0.05) is 29.7 Å². The van der Waals surface area contributed by atoms with Gasteiger partial charge in [-0.15, -0.1) is 0 Å². The standard InChI is InChI=1S/C20H27N3O3/c1-6-16(4)22-17(5)14-15(3)20(25)23(13-11-19(24)26-7-2)18-10-8-9-12-21-18/h8-10,12,14H,3,6-7,11,13H2,1-2,4-5H3/b17-14+,22-16?. The minimum atomic E-state index is -0.360. The average Bonchev–Trinajstić information content (AvgIpc) is 2.62. The third kappa shape index (κ3) is 7.01. The summed E-state index contributed by atoms with van der Waals surface area (Å²) >= 11 is 0. The summed E-state index contributed by atoms with van der Waals surface area (Å²) < 4.78 is 4.94. The predicted octanol–water partition coefficient (Wildman–Crippen LogP) is 3.70. The molecule has 6 heteroatoms. The third-order valence-corrected chi connectivity index (χ3v) is 3.55. The second-order valence-electron chi connectivity index (χ2n) is 5.71. The maximum absolute atomic E-state index is 12.8.